The monoisotopic (exact) mass is 423 g/mol. The predicted octanol–water partition coefficient (Wildman–Crippen LogP) is 4.73. The first kappa shape index (κ1) is 19.8. The lowest BCUT2D eigenvalue weighted by molar-refractivity contribution is 0.0107. The van der Waals surface area contributed by atoms with Crippen LogP contribution in [0.3, 0.4) is 0 Å². The van der Waals surface area contributed by atoms with Crippen molar-refractivity contribution in [1.82, 2.24) is 4.90 Å². The second kappa shape index (κ2) is 8.08. The van der Waals surface area contributed by atoms with Crippen molar-refractivity contribution >= 4 is 23.4 Å². The van der Waals surface area contributed by atoms with E-state index in [-0.39, 0.29) is 0 Å². The number of para-hydroxylation sites is 1. The number of imide groups is 1. The molecule has 2 amide bonds. The largest absolute Gasteiger partial charge is 0.493 e. The number of rotatable bonds is 4. The zero-order chi connectivity index (χ0) is 21.3. The Hall–Kier alpha value is -3.51. The van der Waals surface area contributed by atoms with E-state index in [1.807, 2.05) is 0 Å². The number of fused-ring (bicyclic) bond motifs is 1. The van der Waals surface area contributed by atoms with E-state index in [1.165, 1.54) is 14.2 Å². The highest BCUT2D eigenvalue weighted by molar-refractivity contribution is 6.30. The van der Waals surface area contributed by atoms with Gasteiger partial charge in [-0.2, -0.15) is 0 Å². The maximum Gasteiger partial charge on any atom is 0.267 e. The zero-order valence-corrected chi connectivity index (χ0v) is 17.1. The maximum atomic E-state index is 13.3. The Labute approximate surface area is 178 Å². The van der Waals surface area contributed by atoms with Gasteiger partial charge < -0.3 is 14.2 Å². The third-order valence-electron chi connectivity index (χ3n) is 4.81. The average Bonchev–Trinajstić information content (AvgIpc) is 2.78. The number of hydrogen-bond donors (Lipinski definition) is 0. The van der Waals surface area contributed by atoms with E-state index in [1.54, 1.807) is 66.7 Å². The molecule has 0 N–H and O–H groups in total. The summed E-state index contributed by atoms with van der Waals surface area (Å²) in [6, 6.07) is 18.3. The highest BCUT2D eigenvalue weighted by atomic mass is 35.5. The molecule has 0 aromatic heterocycles. The van der Waals surface area contributed by atoms with Gasteiger partial charge in [-0.05, 0) is 54.6 Å². The van der Waals surface area contributed by atoms with Crippen LogP contribution in [-0.4, -0.2) is 30.9 Å². The van der Waals surface area contributed by atoms with Gasteiger partial charge in [-0.15, -0.1) is 0 Å². The van der Waals surface area contributed by atoms with E-state index in [2.05, 4.69) is 0 Å². The number of carbonyl (C=O) groups is 2. The Kier molecular flexibility index (Phi) is 5.33. The quantitative estimate of drug-likeness (QED) is 0.567. The lowest BCUT2D eigenvalue weighted by Crippen LogP contribution is -2.45. The van der Waals surface area contributed by atoms with Crippen LogP contribution in [0.2, 0.25) is 5.02 Å². The van der Waals surface area contributed by atoms with Crippen molar-refractivity contribution in [2.45, 2.75) is 6.23 Å². The SMILES string of the molecule is COc1ccc(C2Oc3ccccc3C(=O)N2C(=O)c2ccc(Cl)cc2)cc1OC. The maximum absolute atomic E-state index is 13.3. The zero-order valence-electron chi connectivity index (χ0n) is 16.3. The summed E-state index contributed by atoms with van der Waals surface area (Å²) in [5.74, 6) is 0.452. The molecule has 3 aromatic rings. The molecule has 30 heavy (non-hydrogen) atoms. The summed E-state index contributed by atoms with van der Waals surface area (Å²) in [5, 5.41) is 0.495. The van der Waals surface area contributed by atoms with Crippen LogP contribution in [0, 0.1) is 0 Å². The summed E-state index contributed by atoms with van der Waals surface area (Å²) < 4.78 is 16.8. The molecule has 1 aliphatic heterocycles. The first-order chi connectivity index (χ1) is 14.5. The summed E-state index contributed by atoms with van der Waals surface area (Å²) >= 11 is 5.94. The van der Waals surface area contributed by atoms with Gasteiger partial charge in [0, 0.05) is 16.1 Å². The van der Waals surface area contributed by atoms with Gasteiger partial charge in [0.1, 0.15) is 5.75 Å². The van der Waals surface area contributed by atoms with Crippen LogP contribution in [0.5, 0.6) is 17.2 Å². The molecular formula is C23H18ClNO5. The van der Waals surface area contributed by atoms with Gasteiger partial charge in [0.25, 0.3) is 11.8 Å². The second-order valence-electron chi connectivity index (χ2n) is 6.57. The molecule has 0 saturated heterocycles. The summed E-state index contributed by atoms with van der Waals surface area (Å²) in [4.78, 5) is 27.7. The van der Waals surface area contributed by atoms with Gasteiger partial charge in [0.15, 0.2) is 11.5 Å². The molecule has 1 atom stereocenters. The molecule has 0 saturated carbocycles. The molecule has 152 valence electrons. The predicted molar refractivity (Wildman–Crippen MR) is 111 cm³/mol. The summed E-state index contributed by atoms with van der Waals surface area (Å²) in [7, 11) is 3.05. The molecule has 7 heteroatoms. The lowest BCUT2D eigenvalue weighted by atomic mass is 10.0. The number of carbonyl (C=O) groups excluding carboxylic acids is 2. The van der Waals surface area contributed by atoms with Crippen LogP contribution in [-0.2, 0) is 0 Å². The van der Waals surface area contributed by atoms with Gasteiger partial charge in [0.2, 0.25) is 6.23 Å². The van der Waals surface area contributed by atoms with Gasteiger partial charge in [0.05, 0.1) is 19.8 Å². The average molecular weight is 424 g/mol. The first-order valence-electron chi connectivity index (χ1n) is 9.14. The van der Waals surface area contributed by atoms with Crippen molar-refractivity contribution in [3.05, 3.63) is 88.4 Å². The fourth-order valence-electron chi connectivity index (χ4n) is 3.31. The first-order valence-corrected chi connectivity index (χ1v) is 9.52. The Morgan fingerprint density at radius 2 is 1.67 bits per heavy atom. The summed E-state index contributed by atoms with van der Waals surface area (Å²) in [6.45, 7) is 0. The Bertz CT molecular complexity index is 1110. The number of methoxy groups -OCH3 is 2. The minimum Gasteiger partial charge on any atom is -0.493 e. The highest BCUT2D eigenvalue weighted by Crippen LogP contribution is 2.39. The molecule has 1 unspecified atom stereocenters. The van der Waals surface area contributed by atoms with Crippen LogP contribution < -0.4 is 14.2 Å². The standard InChI is InChI=1S/C23H18ClNO5/c1-28-19-12-9-15(13-20(19)29-2)23-25(21(26)14-7-10-16(24)11-8-14)22(27)17-5-3-4-6-18(17)30-23/h3-13,23H,1-2H3. The Balaban J connectivity index is 1.82. The van der Waals surface area contributed by atoms with E-state index < -0.39 is 18.0 Å². The van der Waals surface area contributed by atoms with E-state index in [0.717, 1.165) is 4.90 Å². The molecule has 0 aliphatic carbocycles. The van der Waals surface area contributed by atoms with Crippen molar-refractivity contribution in [1.29, 1.82) is 0 Å². The number of halogens is 1. The van der Waals surface area contributed by atoms with Crippen LogP contribution >= 0.6 is 11.6 Å². The topological polar surface area (TPSA) is 65.1 Å². The number of ether oxygens (including phenoxy) is 3. The minimum absolute atomic E-state index is 0.316. The molecule has 0 bridgehead atoms. The molecule has 0 fully saturated rings. The smallest absolute Gasteiger partial charge is 0.267 e. The van der Waals surface area contributed by atoms with Crippen LogP contribution in [0.1, 0.15) is 32.5 Å². The normalized spacial score (nSPS) is 15.2. The number of hydrogen-bond acceptors (Lipinski definition) is 5. The van der Waals surface area contributed by atoms with Gasteiger partial charge >= 0.3 is 0 Å². The number of nitrogens with zero attached hydrogens (tertiary/aromatic N) is 1. The second-order valence-corrected chi connectivity index (χ2v) is 7.00. The van der Waals surface area contributed by atoms with Gasteiger partial charge in [-0.3, -0.25) is 9.59 Å². The van der Waals surface area contributed by atoms with Crippen molar-refractivity contribution in [2.24, 2.45) is 0 Å². The van der Waals surface area contributed by atoms with Crippen molar-refractivity contribution in [2.75, 3.05) is 14.2 Å². The van der Waals surface area contributed by atoms with Crippen molar-refractivity contribution in [3.63, 3.8) is 0 Å². The fourth-order valence-corrected chi connectivity index (χ4v) is 3.44. The summed E-state index contributed by atoms with van der Waals surface area (Å²) in [5.41, 5.74) is 1.20. The number of amides is 2. The molecule has 3 aromatic carbocycles. The van der Waals surface area contributed by atoms with E-state index in [9.17, 15) is 9.59 Å². The molecule has 0 radical (unpaired) electrons. The minimum atomic E-state index is -0.976. The Morgan fingerprint density at radius 3 is 2.37 bits per heavy atom. The molecule has 0 spiro atoms. The molecular weight excluding hydrogens is 406 g/mol. The molecule has 1 aliphatic rings. The van der Waals surface area contributed by atoms with Crippen molar-refractivity contribution < 1.29 is 23.8 Å². The van der Waals surface area contributed by atoms with Gasteiger partial charge in [-0.1, -0.05) is 23.7 Å². The van der Waals surface area contributed by atoms with Crippen LogP contribution in [0.15, 0.2) is 66.7 Å². The Morgan fingerprint density at radius 1 is 0.967 bits per heavy atom. The van der Waals surface area contributed by atoms with Gasteiger partial charge in [-0.25, -0.2) is 4.90 Å². The highest BCUT2D eigenvalue weighted by Gasteiger charge is 2.39. The third kappa shape index (κ3) is 3.46. The lowest BCUT2D eigenvalue weighted by Gasteiger charge is -2.35. The van der Waals surface area contributed by atoms with E-state index in [4.69, 9.17) is 25.8 Å². The summed E-state index contributed by atoms with van der Waals surface area (Å²) in [6.07, 6.45) is -0.976. The fraction of sp³-hybridized carbons (Fsp3) is 0.130. The van der Waals surface area contributed by atoms with E-state index >= 15 is 0 Å². The molecule has 4 rings (SSSR count). The number of benzene rings is 3. The van der Waals surface area contributed by atoms with Crippen LogP contribution in [0.4, 0.5) is 0 Å². The molecule has 6 nitrogen and oxygen atoms in total. The third-order valence-corrected chi connectivity index (χ3v) is 5.06. The van der Waals surface area contributed by atoms with Crippen molar-refractivity contribution in [3.8, 4) is 17.2 Å². The van der Waals surface area contributed by atoms with E-state index in [0.29, 0.717) is 39.0 Å². The molecule has 1 heterocycles. The van der Waals surface area contributed by atoms with Crippen LogP contribution in [0.25, 0.3) is 0 Å².